The lowest BCUT2D eigenvalue weighted by molar-refractivity contribution is -0.402. The van der Waals surface area contributed by atoms with Crippen LogP contribution in [0.2, 0.25) is 0 Å². The molecule has 3 N–H and O–H groups in total. The maximum Gasteiger partial charge on any atom is 0.434 e. The summed E-state index contributed by atoms with van der Waals surface area (Å²) in [6, 6.07) is 7.48. The molecule has 0 saturated heterocycles. The van der Waals surface area contributed by atoms with Crippen LogP contribution in [0.3, 0.4) is 0 Å². The molecule has 0 saturated carbocycles. The second-order valence-corrected chi connectivity index (χ2v) is 5.63. The first-order valence-electron chi connectivity index (χ1n) is 7.26. The standard InChI is InChI=1S/C16H17N3O5/c1-9(2)8-18-16(21)11-5-3-4-10(6-11)12-7-13(19(22)23)24-14(12)15(17)20/h3-7,9H,8H2,1-2H3,(H2,17,20)(H,18,21). The summed E-state index contributed by atoms with van der Waals surface area (Å²) in [6.07, 6.45) is 0. The summed E-state index contributed by atoms with van der Waals surface area (Å²) in [5.41, 5.74) is 6.18. The number of furan rings is 1. The number of nitrogens with zero attached hydrogens (tertiary/aromatic N) is 1. The van der Waals surface area contributed by atoms with Crippen molar-refractivity contribution in [2.75, 3.05) is 6.54 Å². The molecular weight excluding hydrogens is 314 g/mol. The number of carbonyl (C=O) groups is 2. The summed E-state index contributed by atoms with van der Waals surface area (Å²) in [4.78, 5) is 33.7. The van der Waals surface area contributed by atoms with Gasteiger partial charge in [0.15, 0.2) is 0 Å². The molecule has 2 rings (SSSR count). The van der Waals surface area contributed by atoms with Gasteiger partial charge in [0.1, 0.15) is 4.92 Å². The third-order valence-electron chi connectivity index (χ3n) is 3.23. The zero-order valence-corrected chi connectivity index (χ0v) is 13.2. The van der Waals surface area contributed by atoms with E-state index >= 15 is 0 Å². The molecule has 0 aliphatic carbocycles. The highest BCUT2D eigenvalue weighted by atomic mass is 16.6. The van der Waals surface area contributed by atoms with E-state index < -0.39 is 16.7 Å². The molecule has 1 aromatic heterocycles. The van der Waals surface area contributed by atoms with E-state index in [0.29, 0.717) is 23.6 Å². The number of hydrogen-bond acceptors (Lipinski definition) is 5. The fourth-order valence-electron chi connectivity index (χ4n) is 2.09. The van der Waals surface area contributed by atoms with Crippen molar-refractivity contribution in [2.24, 2.45) is 11.7 Å². The fourth-order valence-corrected chi connectivity index (χ4v) is 2.09. The Morgan fingerprint density at radius 3 is 2.62 bits per heavy atom. The Hall–Kier alpha value is -3.16. The Morgan fingerprint density at radius 1 is 1.33 bits per heavy atom. The van der Waals surface area contributed by atoms with E-state index in [2.05, 4.69) is 5.32 Å². The van der Waals surface area contributed by atoms with Crippen molar-refractivity contribution in [3.05, 3.63) is 51.8 Å². The molecule has 2 aromatic rings. The van der Waals surface area contributed by atoms with Gasteiger partial charge in [0, 0.05) is 17.7 Å². The molecule has 8 heteroatoms. The molecule has 0 spiro atoms. The number of nitrogens with two attached hydrogens (primary N) is 1. The summed E-state index contributed by atoms with van der Waals surface area (Å²) in [5.74, 6) is -1.80. The second kappa shape index (κ2) is 6.95. The van der Waals surface area contributed by atoms with Crippen molar-refractivity contribution in [1.29, 1.82) is 0 Å². The Balaban J connectivity index is 2.40. The summed E-state index contributed by atoms with van der Waals surface area (Å²) in [5, 5.41) is 13.6. The highest BCUT2D eigenvalue weighted by Gasteiger charge is 2.23. The molecule has 0 fully saturated rings. The maximum absolute atomic E-state index is 12.1. The Kier molecular flexibility index (Phi) is 4.98. The number of primary amides is 1. The quantitative estimate of drug-likeness (QED) is 0.620. The van der Waals surface area contributed by atoms with Gasteiger partial charge in [-0.2, -0.15) is 0 Å². The van der Waals surface area contributed by atoms with E-state index in [0.717, 1.165) is 6.07 Å². The van der Waals surface area contributed by atoms with Crippen LogP contribution < -0.4 is 11.1 Å². The lowest BCUT2D eigenvalue weighted by Crippen LogP contribution is -2.27. The predicted octanol–water partition coefficient (Wildman–Crippen LogP) is 2.34. The van der Waals surface area contributed by atoms with Crippen LogP contribution in [0.5, 0.6) is 0 Å². The van der Waals surface area contributed by atoms with Crippen molar-refractivity contribution in [2.45, 2.75) is 13.8 Å². The molecule has 0 bridgehead atoms. The molecule has 126 valence electrons. The van der Waals surface area contributed by atoms with E-state index in [9.17, 15) is 19.7 Å². The number of amides is 2. The Morgan fingerprint density at radius 2 is 2.04 bits per heavy atom. The van der Waals surface area contributed by atoms with Crippen molar-refractivity contribution in [3.63, 3.8) is 0 Å². The minimum absolute atomic E-state index is 0.174. The molecule has 2 amide bonds. The molecule has 0 aliphatic heterocycles. The topological polar surface area (TPSA) is 128 Å². The van der Waals surface area contributed by atoms with E-state index in [1.165, 1.54) is 6.07 Å². The third kappa shape index (κ3) is 3.78. The third-order valence-corrected chi connectivity index (χ3v) is 3.23. The van der Waals surface area contributed by atoms with Crippen molar-refractivity contribution >= 4 is 17.7 Å². The highest BCUT2D eigenvalue weighted by molar-refractivity contribution is 5.99. The van der Waals surface area contributed by atoms with Crippen LogP contribution in [-0.4, -0.2) is 23.3 Å². The molecule has 24 heavy (non-hydrogen) atoms. The maximum atomic E-state index is 12.1. The van der Waals surface area contributed by atoms with Crippen LogP contribution in [0.15, 0.2) is 34.7 Å². The average Bonchev–Trinajstić information content (AvgIpc) is 2.98. The first-order valence-corrected chi connectivity index (χ1v) is 7.26. The van der Waals surface area contributed by atoms with E-state index in [-0.39, 0.29) is 17.2 Å². The van der Waals surface area contributed by atoms with Crippen LogP contribution in [0.25, 0.3) is 11.1 Å². The number of hydrogen-bond donors (Lipinski definition) is 2. The normalized spacial score (nSPS) is 10.6. The van der Waals surface area contributed by atoms with Gasteiger partial charge in [0.25, 0.3) is 11.8 Å². The van der Waals surface area contributed by atoms with Gasteiger partial charge in [0.2, 0.25) is 5.76 Å². The number of benzene rings is 1. The van der Waals surface area contributed by atoms with Crippen LogP contribution in [0.1, 0.15) is 34.8 Å². The van der Waals surface area contributed by atoms with Gasteiger partial charge in [0.05, 0.1) is 6.07 Å². The zero-order valence-electron chi connectivity index (χ0n) is 13.2. The summed E-state index contributed by atoms with van der Waals surface area (Å²) in [6.45, 7) is 4.47. The minimum atomic E-state index is -0.923. The van der Waals surface area contributed by atoms with Crippen LogP contribution in [0, 0.1) is 16.0 Å². The molecule has 0 radical (unpaired) electrons. The predicted molar refractivity (Wildman–Crippen MR) is 86.5 cm³/mol. The van der Waals surface area contributed by atoms with Crippen LogP contribution in [0.4, 0.5) is 5.88 Å². The first kappa shape index (κ1) is 17.2. The molecule has 0 aliphatic rings. The van der Waals surface area contributed by atoms with Crippen LogP contribution in [-0.2, 0) is 0 Å². The minimum Gasteiger partial charge on any atom is -0.395 e. The van der Waals surface area contributed by atoms with Gasteiger partial charge >= 0.3 is 5.88 Å². The fraction of sp³-hybridized carbons (Fsp3) is 0.250. The van der Waals surface area contributed by atoms with Gasteiger partial charge < -0.3 is 15.5 Å². The van der Waals surface area contributed by atoms with Crippen molar-refractivity contribution in [3.8, 4) is 11.1 Å². The summed E-state index contributed by atoms with van der Waals surface area (Å²) < 4.78 is 4.90. The number of nitrogens with one attached hydrogen (secondary N) is 1. The summed E-state index contributed by atoms with van der Waals surface area (Å²) in [7, 11) is 0. The highest BCUT2D eigenvalue weighted by Crippen LogP contribution is 2.31. The smallest absolute Gasteiger partial charge is 0.395 e. The molecule has 1 aromatic carbocycles. The van der Waals surface area contributed by atoms with Gasteiger partial charge in [-0.3, -0.25) is 19.7 Å². The van der Waals surface area contributed by atoms with E-state index in [4.69, 9.17) is 10.2 Å². The lowest BCUT2D eigenvalue weighted by atomic mass is 10.0. The van der Waals surface area contributed by atoms with Gasteiger partial charge in [-0.1, -0.05) is 26.0 Å². The average molecular weight is 331 g/mol. The van der Waals surface area contributed by atoms with E-state index in [1.54, 1.807) is 18.2 Å². The van der Waals surface area contributed by atoms with Crippen molar-refractivity contribution < 1.29 is 18.9 Å². The number of rotatable bonds is 6. The Labute approximate surface area is 137 Å². The molecular formula is C16H17N3O5. The monoisotopic (exact) mass is 331 g/mol. The van der Waals surface area contributed by atoms with Gasteiger partial charge in [-0.15, -0.1) is 0 Å². The molecule has 1 heterocycles. The summed E-state index contributed by atoms with van der Waals surface area (Å²) >= 11 is 0. The van der Waals surface area contributed by atoms with Gasteiger partial charge in [-0.25, -0.2) is 0 Å². The Bertz CT molecular complexity index is 795. The van der Waals surface area contributed by atoms with E-state index in [1.807, 2.05) is 13.8 Å². The molecule has 0 atom stereocenters. The second-order valence-electron chi connectivity index (χ2n) is 5.63. The van der Waals surface area contributed by atoms with Crippen molar-refractivity contribution in [1.82, 2.24) is 5.32 Å². The SMILES string of the molecule is CC(C)CNC(=O)c1cccc(-c2cc([N+](=O)[O-])oc2C(N)=O)c1. The molecule has 8 nitrogen and oxygen atoms in total. The lowest BCUT2D eigenvalue weighted by Gasteiger charge is -2.08. The molecule has 0 unspecified atom stereocenters. The zero-order chi connectivity index (χ0) is 17.9. The number of carbonyl (C=O) groups excluding carboxylic acids is 2. The first-order chi connectivity index (χ1) is 11.3. The van der Waals surface area contributed by atoms with Gasteiger partial charge in [-0.05, 0) is 23.6 Å². The largest absolute Gasteiger partial charge is 0.434 e. The number of nitro groups is 1. The van der Waals surface area contributed by atoms with Crippen LogP contribution >= 0.6 is 0 Å².